The Balaban J connectivity index is 0.00000241. The van der Waals surface area contributed by atoms with Crippen molar-refractivity contribution in [2.45, 2.75) is 43.4 Å². The van der Waals surface area contributed by atoms with Gasteiger partial charge in [-0.1, -0.05) is 45.2 Å². The molecular weight excluding hydrogens is 637 g/mol. The van der Waals surface area contributed by atoms with Crippen LogP contribution in [0.5, 0.6) is 0 Å². The highest BCUT2D eigenvalue weighted by atomic mass is 79.9. The second-order valence-electron chi connectivity index (χ2n) is 9.25. The van der Waals surface area contributed by atoms with Gasteiger partial charge in [-0.15, -0.1) is 24.8 Å². The van der Waals surface area contributed by atoms with Crippen LogP contribution in [0.25, 0.3) is 0 Å². The van der Waals surface area contributed by atoms with Crippen molar-refractivity contribution < 1.29 is 18.0 Å². The summed E-state index contributed by atoms with van der Waals surface area (Å²) in [6, 6.07) is 9.12. The molecule has 0 unspecified atom stereocenters. The number of benzene rings is 2. The number of nitrogens with one attached hydrogen (secondary N) is 1. The first kappa shape index (κ1) is 32.5. The monoisotopic (exact) mass is 663 g/mol. The molecule has 1 amide bonds. The number of piperidine rings is 2. The SMILES string of the molecule is CN(C(=O)c1cc(Br)cc(C(F)(F)F)c1)[C@@H]1CCN(C2CCNCC2)C[C@H]1c1ccc(Cl)c(Cl)c1.Cl.Cl. The third-order valence-corrected chi connectivity index (χ3v) is 8.29. The molecule has 206 valence electrons. The Hall–Kier alpha value is -0.740. The molecule has 2 atom stereocenters. The molecule has 4 nitrogen and oxygen atoms in total. The lowest BCUT2D eigenvalue weighted by Gasteiger charge is -2.46. The number of carbonyl (C=O) groups is 1. The van der Waals surface area contributed by atoms with Gasteiger partial charge in [0.1, 0.15) is 0 Å². The van der Waals surface area contributed by atoms with Crippen LogP contribution in [0.3, 0.4) is 0 Å². The zero-order valence-electron chi connectivity index (χ0n) is 20.0. The van der Waals surface area contributed by atoms with Crippen LogP contribution in [0.15, 0.2) is 40.9 Å². The summed E-state index contributed by atoms with van der Waals surface area (Å²) >= 11 is 15.6. The van der Waals surface area contributed by atoms with Gasteiger partial charge in [0.15, 0.2) is 0 Å². The Labute approximate surface area is 246 Å². The van der Waals surface area contributed by atoms with Crippen LogP contribution < -0.4 is 5.32 Å². The summed E-state index contributed by atoms with van der Waals surface area (Å²) in [5.41, 5.74) is 0.112. The van der Waals surface area contributed by atoms with Gasteiger partial charge in [-0.25, -0.2) is 0 Å². The summed E-state index contributed by atoms with van der Waals surface area (Å²) in [5, 5.41) is 4.29. The van der Waals surface area contributed by atoms with Gasteiger partial charge in [-0.3, -0.25) is 9.69 Å². The number of likely N-dealkylation sites (N-methyl/N-ethyl adjacent to an activating group) is 1. The van der Waals surface area contributed by atoms with Gasteiger partial charge in [-0.2, -0.15) is 13.2 Å². The van der Waals surface area contributed by atoms with E-state index < -0.39 is 17.6 Å². The smallest absolute Gasteiger partial charge is 0.338 e. The molecule has 2 aromatic carbocycles. The lowest BCUT2D eigenvalue weighted by atomic mass is 9.83. The molecule has 2 aliphatic heterocycles. The predicted octanol–water partition coefficient (Wildman–Crippen LogP) is 7.30. The average Bonchev–Trinajstić information content (AvgIpc) is 2.84. The molecule has 37 heavy (non-hydrogen) atoms. The Morgan fingerprint density at radius 2 is 1.73 bits per heavy atom. The summed E-state index contributed by atoms with van der Waals surface area (Å²) in [5.74, 6) is -0.501. The summed E-state index contributed by atoms with van der Waals surface area (Å²) in [6.45, 7) is 3.50. The van der Waals surface area contributed by atoms with Crippen molar-refractivity contribution >= 4 is 69.9 Å². The largest absolute Gasteiger partial charge is 0.416 e. The lowest BCUT2D eigenvalue weighted by molar-refractivity contribution is -0.137. The van der Waals surface area contributed by atoms with E-state index in [1.165, 1.54) is 6.07 Å². The second kappa shape index (κ2) is 13.6. The van der Waals surface area contributed by atoms with Crippen molar-refractivity contribution in [1.82, 2.24) is 15.1 Å². The van der Waals surface area contributed by atoms with Crippen LogP contribution in [0, 0.1) is 0 Å². The molecule has 0 aliphatic carbocycles. The molecule has 2 saturated heterocycles. The van der Waals surface area contributed by atoms with E-state index in [1.807, 2.05) is 12.1 Å². The van der Waals surface area contributed by atoms with Crippen molar-refractivity contribution in [3.63, 3.8) is 0 Å². The Bertz CT molecular complexity index is 1090. The van der Waals surface area contributed by atoms with Gasteiger partial charge in [0, 0.05) is 48.2 Å². The Morgan fingerprint density at radius 1 is 1.05 bits per heavy atom. The van der Waals surface area contributed by atoms with E-state index >= 15 is 0 Å². The maximum absolute atomic E-state index is 13.4. The van der Waals surface area contributed by atoms with E-state index in [1.54, 1.807) is 18.0 Å². The minimum atomic E-state index is -4.54. The van der Waals surface area contributed by atoms with Gasteiger partial charge in [-0.05, 0) is 68.2 Å². The fourth-order valence-electron chi connectivity index (χ4n) is 5.23. The lowest BCUT2D eigenvalue weighted by Crippen LogP contribution is -2.54. The second-order valence-corrected chi connectivity index (χ2v) is 11.0. The van der Waals surface area contributed by atoms with Gasteiger partial charge >= 0.3 is 6.18 Å². The minimum absolute atomic E-state index is 0. The highest BCUT2D eigenvalue weighted by Gasteiger charge is 2.38. The van der Waals surface area contributed by atoms with E-state index in [0.29, 0.717) is 22.5 Å². The highest BCUT2D eigenvalue weighted by Crippen LogP contribution is 2.37. The van der Waals surface area contributed by atoms with Crippen LogP contribution >= 0.6 is 63.9 Å². The quantitative estimate of drug-likeness (QED) is 0.373. The number of alkyl halides is 3. The minimum Gasteiger partial charge on any atom is -0.338 e. The summed E-state index contributed by atoms with van der Waals surface area (Å²) in [4.78, 5) is 17.5. The molecule has 0 spiro atoms. The third kappa shape index (κ3) is 7.68. The van der Waals surface area contributed by atoms with E-state index in [9.17, 15) is 18.0 Å². The molecule has 2 aliphatic rings. The van der Waals surface area contributed by atoms with Crippen molar-refractivity contribution in [2.75, 3.05) is 33.2 Å². The first-order chi connectivity index (χ1) is 16.5. The van der Waals surface area contributed by atoms with Gasteiger partial charge in [0.05, 0.1) is 15.6 Å². The molecule has 0 bridgehead atoms. The molecule has 2 aromatic rings. The fraction of sp³-hybridized carbons (Fsp3) is 0.480. The van der Waals surface area contributed by atoms with Crippen molar-refractivity contribution in [3.8, 4) is 0 Å². The predicted molar refractivity (Wildman–Crippen MR) is 151 cm³/mol. The number of rotatable bonds is 4. The van der Waals surface area contributed by atoms with Gasteiger partial charge in [0.2, 0.25) is 0 Å². The molecule has 0 aromatic heterocycles. The van der Waals surface area contributed by atoms with Crippen LogP contribution in [-0.4, -0.2) is 61.0 Å². The number of halogens is 8. The van der Waals surface area contributed by atoms with Crippen molar-refractivity contribution in [3.05, 3.63) is 67.6 Å². The summed E-state index contributed by atoms with van der Waals surface area (Å²) in [6.07, 6.45) is -1.71. The molecule has 1 N–H and O–H groups in total. The Kier molecular flexibility index (Phi) is 11.9. The first-order valence-corrected chi connectivity index (χ1v) is 13.1. The average molecular weight is 666 g/mol. The molecule has 12 heteroatoms. The number of likely N-dealkylation sites (tertiary alicyclic amines) is 1. The maximum atomic E-state index is 13.4. The van der Waals surface area contributed by atoms with Crippen LogP contribution in [0.2, 0.25) is 10.0 Å². The van der Waals surface area contributed by atoms with Crippen molar-refractivity contribution in [2.24, 2.45) is 0 Å². The standard InChI is InChI=1S/C25H27BrCl2F3N3O.2ClH/c1-33(24(35)16-10-17(25(29,30)31)13-18(26)11-16)23-6-9-34(19-4-7-32-8-5-19)14-20(23)15-2-3-21(27)22(28)12-15;;/h2-3,10-13,19-20,23,32H,4-9,14H2,1H3;2*1H/t20-,23+;;/m0../s1. The van der Waals surface area contributed by atoms with Crippen LogP contribution in [-0.2, 0) is 6.18 Å². The van der Waals surface area contributed by atoms with Gasteiger partial charge in [0.25, 0.3) is 5.91 Å². The molecule has 0 saturated carbocycles. The fourth-order valence-corrected chi connectivity index (χ4v) is 6.03. The number of hydrogen-bond donors (Lipinski definition) is 1. The highest BCUT2D eigenvalue weighted by molar-refractivity contribution is 9.10. The zero-order chi connectivity index (χ0) is 25.3. The van der Waals surface area contributed by atoms with E-state index in [4.69, 9.17) is 23.2 Å². The third-order valence-electron chi connectivity index (χ3n) is 7.09. The number of hydrogen-bond acceptors (Lipinski definition) is 3. The number of amides is 1. The van der Waals surface area contributed by atoms with Crippen LogP contribution in [0.4, 0.5) is 13.2 Å². The molecular formula is C25H29BrCl4F3N3O. The topological polar surface area (TPSA) is 35.6 Å². The van der Waals surface area contributed by atoms with Crippen LogP contribution in [0.1, 0.15) is 46.7 Å². The molecule has 0 radical (unpaired) electrons. The normalized spacial score (nSPS) is 21.1. The van der Waals surface area contributed by atoms with E-state index in [2.05, 4.69) is 26.1 Å². The maximum Gasteiger partial charge on any atom is 0.416 e. The summed E-state index contributed by atoms with van der Waals surface area (Å²) < 4.78 is 40.3. The number of nitrogens with zero attached hydrogens (tertiary/aromatic N) is 2. The molecule has 2 heterocycles. The zero-order valence-corrected chi connectivity index (χ0v) is 24.8. The van der Waals surface area contributed by atoms with E-state index in [-0.39, 0.29) is 46.8 Å². The molecule has 4 rings (SSSR count). The van der Waals surface area contributed by atoms with E-state index in [0.717, 1.165) is 56.7 Å². The summed E-state index contributed by atoms with van der Waals surface area (Å²) in [7, 11) is 1.67. The number of carbonyl (C=O) groups excluding carboxylic acids is 1. The first-order valence-electron chi connectivity index (χ1n) is 11.6. The van der Waals surface area contributed by atoms with Gasteiger partial charge < -0.3 is 10.2 Å². The molecule has 2 fully saturated rings. The van der Waals surface area contributed by atoms with Crippen molar-refractivity contribution in [1.29, 1.82) is 0 Å². The Morgan fingerprint density at radius 3 is 2.35 bits per heavy atom.